The summed E-state index contributed by atoms with van der Waals surface area (Å²) in [6, 6.07) is 14.4. The smallest absolute Gasteiger partial charge is 0.356 e. The molecule has 0 bridgehead atoms. The molecule has 2 heterocycles. The second kappa shape index (κ2) is 4.93. The lowest BCUT2D eigenvalue weighted by atomic mass is 10.1. The highest BCUT2D eigenvalue weighted by Crippen LogP contribution is 2.22. The Morgan fingerprint density at radius 3 is 2.55 bits per heavy atom. The first-order valence-electron chi connectivity index (χ1n) is 5.92. The summed E-state index contributed by atoms with van der Waals surface area (Å²) in [6.07, 6.45) is 1.55. The van der Waals surface area contributed by atoms with Crippen LogP contribution in [0.4, 0.5) is 0 Å². The van der Waals surface area contributed by atoms with E-state index in [-0.39, 0.29) is 5.69 Å². The van der Waals surface area contributed by atoms with Gasteiger partial charge in [-0.05, 0) is 18.2 Å². The van der Waals surface area contributed by atoms with Gasteiger partial charge in [0.25, 0.3) is 0 Å². The van der Waals surface area contributed by atoms with E-state index in [0.29, 0.717) is 11.5 Å². The lowest BCUT2D eigenvalue weighted by Gasteiger charge is -2.05. The molecule has 0 aliphatic rings. The van der Waals surface area contributed by atoms with E-state index in [0.717, 1.165) is 5.56 Å². The predicted octanol–water partition coefficient (Wildman–Crippen LogP) is 2.03. The fraction of sp³-hybridized carbons (Fsp3) is 0. The Labute approximate surface area is 114 Å². The predicted molar refractivity (Wildman–Crippen MR) is 71.5 cm³/mol. The Bertz CT molecular complexity index is 681. The molecule has 0 amide bonds. The number of carboxylic acids is 1. The zero-order valence-electron chi connectivity index (χ0n) is 10.3. The van der Waals surface area contributed by atoms with Crippen molar-refractivity contribution in [1.29, 1.82) is 0 Å². The molecule has 0 saturated carbocycles. The lowest BCUT2D eigenvalue weighted by Crippen LogP contribution is -2.04. The number of rotatable bonds is 3. The van der Waals surface area contributed by atoms with E-state index in [2.05, 4.69) is 15.3 Å². The fourth-order valence-corrected chi connectivity index (χ4v) is 1.88. The molecule has 0 unspecified atom stereocenters. The van der Waals surface area contributed by atoms with E-state index >= 15 is 0 Å². The van der Waals surface area contributed by atoms with Crippen molar-refractivity contribution in [1.82, 2.24) is 20.0 Å². The van der Waals surface area contributed by atoms with Crippen LogP contribution in [0.1, 0.15) is 10.5 Å². The normalized spacial score (nSPS) is 10.4. The van der Waals surface area contributed by atoms with E-state index in [1.54, 1.807) is 18.3 Å². The summed E-state index contributed by atoms with van der Waals surface area (Å²) < 4.78 is 1.48. The standard InChI is InChI=1S/C14H10N4O2/c19-14(20)11-9-12(10-5-2-1-3-6-10)18(17-11)13-7-4-8-15-16-13/h1-9H,(H,19,20). The molecule has 0 aliphatic carbocycles. The van der Waals surface area contributed by atoms with Gasteiger partial charge in [-0.3, -0.25) is 0 Å². The first kappa shape index (κ1) is 12.0. The van der Waals surface area contributed by atoms with Gasteiger partial charge in [-0.25, -0.2) is 9.48 Å². The van der Waals surface area contributed by atoms with Gasteiger partial charge in [0.05, 0.1) is 5.69 Å². The summed E-state index contributed by atoms with van der Waals surface area (Å²) in [6.45, 7) is 0. The van der Waals surface area contributed by atoms with E-state index in [9.17, 15) is 4.79 Å². The van der Waals surface area contributed by atoms with Crippen LogP contribution in [0.15, 0.2) is 54.7 Å². The molecule has 6 nitrogen and oxygen atoms in total. The number of hydrogen-bond donors (Lipinski definition) is 1. The molecule has 1 N–H and O–H groups in total. The molecular weight excluding hydrogens is 256 g/mol. The SMILES string of the molecule is O=C(O)c1cc(-c2ccccc2)n(-c2cccnn2)n1. The molecule has 3 rings (SSSR count). The van der Waals surface area contributed by atoms with Gasteiger partial charge in [0.1, 0.15) is 0 Å². The number of aromatic carboxylic acids is 1. The Morgan fingerprint density at radius 1 is 1.10 bits per heavy atom. The van der Waals surface area contributed by atoms with Crippen molar-refractivity contribution >= 4 is 5.97 Å². The van der Waals surface area contributed by atoms with Gasteiger partial charge in [-0.1, -0.05) is 30.3 Å². The molecule has 0 spiro atoms. The molecule has 98 valence electrons. The van der Waals surface area contributed by atoms with Crippen molar-refractivity contribution in [2.45, 2.75) is 0 Å². The van der Waals surface area contributed by atoms with Crippen LogP contribution in [-0.2, 0) is 0 Å². The molecule has 1 aromatic carbocycles. The molecule has 2 aromatic heterocycles. The number of hydrogen-bond acceptors (Lipinski definition) is 4. The molecule has 6 heteroatoms. The summed E-state index contributed by atoms with van der Waals surface area (Å²) in [5.74, 6) is -0.608. The number of carbonyl (C=O) groups is 1. The second-order valence-corrected chi connectivity index (χ2v) is 4.08. The van der Waals surface area contributed by atoms with Gasteiger partial charge in [0.15, 0.2) is 11.5 Å². The number of nitrogens with zero attached hydrogens (tertiary/aromatic N) is 4. The van der Waals surface area contributed by atoms with E-state index in [4.69, 9.17) is 5.11 Å². The van der Waals surface area contributed by atoms with E-state index in [1.807, 2.05) is 30.3 Å². The number of aromatic nitrogens is 4. The molecule has 0 atom stereocenters. The maximum atomic E-state index is 11.1. The summed E-state index contributed by atoms with van der Waals surface area (Å²) in [7, 11) is 0. The Morgan fingerprint density at radius 2 is 1.90 bits per heavy atom. The third kappa shape index (κ3) is 2.14. The van der Waals surface area contributed by atoms with Crippen LogP contribution < -0.4 is 0 Å². The number of carboxylic acid groups (broad SMARTS) is 1. The van der Waals surface area contributed by atoms with Gasteiger partial charge < -0.3 is 5.11 Å². The highest BCUT2D eigenvalue weighted by Gasteiger charge is 2.16. The average Bonchev–Trinajstić information content (AvgIpc) is 2.94. The summed E-state index contributed by atoms with van der Waals surface area (Å²) >= 11 is 0. The van der Waals surface area contributed by atoms with Crippen LogP contribution in [0.3, 0.4) is 0 Å². The third-order valence-electron chi connectivity index (χ3n) is 2.77. The van der Waals surface area contributed by atoms with Crippen LogP contribution in [0, 0.1) is 0 Å². The third-order valence-corrected chi connectivity index (χ3v) is 2.77. The molecule has 0 radical (unpaired) electrons. The second-order valence-electron chi connectivity index (χ2n) is 4.08. The molecule has 0 aliphatic heterocycles. The Balaban J connectivity index is 2.20. The van der Waals surface area contributed by atoms with Gasteiger partial charge in [0, 0.05) is 11.8 Å². The molecule has 20 heavy (non-hydrogen) atoms. The van der Waals surface area contributed by atoms with Crippen molar-refractivity contribution in [3.8, 4) is 17.1 Å². The largest absolute Gasteiger partial charge is 0.476 e. The van der Waals surface area contributed by atoms with Gasteiger partial charge >= 0.3 is 5.97 Å². The van der Waals surface area contributed by atoms with E-state index < -0.39 is 5.97 Å². The van der Waals surface area contributed by atoms with Gasteiger partial charge in [0.2, 0.25) is 0 Å². The average molecular weight is 266 g/mol. The topological polar surface area (TPSA) is 80.9 Å². The minimum absolute atomic E-state index is 0.0329. The maximum absolute atomic E-state index is 11.1. The fourth-order valence-electron chi connectivity index (χ4n) is 1.88. The van der Waals surface area contributed by atoms with Crippen LogP contribution in [0.2, 0.25) is 0 Å². The van der Waals surface area contributed by atoms with Gasteiger partial charge in [-0.2, -0.15) is 10.2 Å². The quantitative estimate of drug-likeness (QED) is 0.784. The minimum atomic E-state index is -1.08. The number of benzene rings is 1. The first-order chi connectivity index (χ1) is 9.75. The maximum Gasteiger partial charge on any atom is 0.356 e. The Kier molecular flexibility index (Phi) is 2.96. The summed E-state index contributed by atoms with van der Waals surface area (Å²) in [4.78, 5) is 11.1. The van der Waals surface area contributed by atoms with Crippen LogP contribution in [0.25, 0.3) is 17.1 Å². The lowest BCUT2D eigenvalue weighted by molar-refractivity contribution is 0.0690. The van der Waals surface area contributed by atoms with Gasteiger partial charge in [-0.15, -0.1) is 5.10 Å². The van der Waals surface area contributed by atoms with Crippen molar-refractivity contribution in [3.63, 3.8) is 0 Å². The molecule has 3 aromatic rings. The van der Waals surface area contributed by atoms with E-state index in [1.165, 1.54) is 10.7 Å². The monoisotopic (exact) mass is 266 g/mol. The first-order valence-corrected chi connectivity index (χ1v) is 5.92. The highest BCUT2D eigenvalue weighted by molar-refractivity contribution is 5.87. The summed E-state index contributed by atoms with van der Waals surface area (Å²) in [5.41, 5.74) is 1.48. The summed E-state index contributed by atoms with van der Waals surface area (Å²) in [5, 5.41) is 20.9. The zero-order valence-corrected chi connectivity index (χ0v) is 10.3. The van der Waals surface area contributed by atoms with Crippen molar-refractivity contribution in [2.75, 3.05) is 0 Å². The zero-order chi connectivity index (χ0) is 13.9. The van der Waals surface area contributed by atoms with Crippen LogP contribution >= 0.6 is 0 Å². The van der Waals surface area contributed by atoms with Crippen LogP contribution in [-0.4, -0.2) is 31.1 Å². The van der Waals surface area contributed by atoms with Crippen molar-refractivity contribution < 1.29 is 9.90 Å². The van der Waals surface area contributed by atoms with Crippen LogP contribution in [0.5, 0.6) is 0 Å². The molecule has 0 fully saturated rings. The minimum Gasteiger partial charge on any atom is -0.476 e. The van der Waals surface area contributed by atoms with Crippen molar-refractivity contribution in [3.05, 3.63) is 60.4 Å². The molecular formula is C14H10N4O2. The molecule has 0 saturated heterocycles. The van der Waals surface area contributed by atoms with Crippen molar-refractivity contribution in [2.24, 2.45) is 0 Å². The Hall–Kier alpha value is -3.02. The highest BCUT2D eigenvalue weighted by atomic mass is 16.4.